The second-order valence-electron chi connectivity index (χ2n) is 3.86. The fourth-order valence-electron chi connectivity index (χ4n) is 2.11. The average Bonchev–Trinajstić information content (AvgIpc) is 2.37. The summed E-state index contributed by atoms with van der Waals surface area (Å²) in [5, 5.41) is 3.59. The lowest BCUT2D eigenvalue weighted by Gasteiger charge is -2.06. The molecule has 2 N–H and O–H groups in total. The van der Waals surface area contributed by atoms with Gasteiger partial charge in [-0.1, -0.05) is 42.5 Å². The molecule has 0 aliphatic rings. The monoisotopic (exact) mass is 208 g/mol. The third-order valence-corrected chi connectivity index (χ3v) is 2.92. The van der Waals surface area contributed by atoms with E-state index in [0.717, 1.165) is 11.1 Å². The maximum absolute atomic E-state index is 5.72. The molecule has 0 unspecified atom stereocenters. The van der Waals surface area contributed by atoms with Crippen molar-refractivity contribution in [2.45, 2.75) is 6.54 Å². The second-order valence-corrected chi connectivity index (χ2v) is 3.86. The topological polar surface area (TPSA) is 38.9 Å². The van der Waals surface area contributed by atoms with Crippen LogP contribution in [0.5, 0.6) is 0 Å². The van der Waals surface area contributed by atoms with Crippen LogP contribution >= 0.6 is 0 Å². The predicted molar refractivity (Wildman–Crippen MR) is 67.1 cm³/mol. The van der Waals surface area contributed by atoms with Crippen LogP contribution < -0.4 is 5.73 Å². The molecule has 0 amide bonds. The molecule has 2 heteroatoms. The van der Waals surface area contributed by atoms with Crippen LogP contribution in [0.15, 0.2) is 48.7 Å². The molecule has 3 rings (SSSR count). The Labute approximate surface area is 93.7 Å². The van der Waals surface area contributed by atoms with Gasteiger partial charge in [-0.05, 0) is 10.9 Å². The quantitative estimate of drug-likeness (QED) is 0.624. The zero-order valence-corrected chi connectivity index (χ0v) is 8.85. The Bertz CT molecular complexity index is 659. The summed E-state index contributed by atoms with van der Waals surface area (Å²) in [4.78, 5) is 4.50. The number of aromatic nitrogens is 1. The van der Waals surface area contributed by atoms with Gasteiger partial charge >= 0.3 is 0 Å². The van der Waals surface area contributed by atoms with E-state index < -0.39 is 0 Å². The van der Waals surface area contributed by atoms with Gasteiger partial charge in [0.25, 0.3) is 0 Å². The standard InChI is InChI=1S/C14H12N2/c15-8-10-5-3-7-13-12-6-2-1-4-11(12)9-16-14(10)13/h1-7,9H,8,15H2. The van der Waals surface area contributed by atoms with E-state index in [1.807, 2.05) is 24.4 Å². The maximum atomic E-state index is 5.72. The van der Waals surface area contributed by atoms with E-state index in [-0.39, 0.29) is 0 Å². The molecule has 0 saturated heterocycles. The molecule has 2 aromatic carbocycles. The summed E-state index contributed by atoms with van der Waals surface area (Å²) in [6, 6.07) is 14.5. The van der Waals surface area contributed by atoms with Crippen molar-refractivity contribution in [3.63, 3.8) is 0 Å². The van der Waals surface area contributed by atoms with Crippen LogP contribution in [0.25, 0.3) is 21.7 Å². The van der Waals surface area contributed by atoms with E-state index in [9.17, 15) is 0 Å². The molecular formula is C14H12N2. The molecule has 0 spiro atoms. The summed E-state index contributed by atoms with van der Waals surface area (Å²) >= 11 is 0. The molecule has 16 heavy (non-hydrogen) atoms. The van der Waals surface area contributed by atoms with Crippen molar-refractivity contribution in [2.24, 2.45) is 5.73 Å². The van der Waals surface area contributed by atoms with E-state index in [2.05, 4.69) is 29.2 Å². The number of pyridine rings is 1. The first-order valence-electron chi connectivity index (χ1n) is 5.35. The van der Waals surface area contributed by atoms with Gasteiger partial charge in [0.15, 0.2) is 0 Å². The normalized spacial score (nSPS) is 11.1. The number of benzene rings is 2. The Hall–Kier alpha value is -1.93. The van der Waals surface area contributed by atoms with E-state index in [4.69, 9.17) is 5.73 Å². The van der Waals surface area contributed by atoms with Gasteiger partial charge in [0.1, 0.15) is 0 Å². The summed E-state index contributed by atoms with van der Waals surface area (Å²) in [5.41, 5.74) is 7.84. The molecular weight excluding hydrogens is 196 g/mol. The third kappa shape index (κ3) is 1.27. The van der Waals surface area contributed by atoms with Gasteiger partial charge in [0.05, 0.1) is 5.52 Å². The minimum Gasteiger partial charge on any atom is -0.326 e. The number of nitrogens with zero attached hydrogens (tertiary/aromatic N) is 1. The first-order valence-corrected chi connectivity index (χ1v) is 5.35. The zero-order valence-electron chi connectivity index (χ0n) is 8.85. The first-order chi connectivity index (χ1) is 7.90. The van der Waals surface area contributed by atoms with Crippen molar-refractivity contribution >= 4 is 21.7 Å². The highest BCUT2D eigenvalue weighted by molar-refractivity contribution is 6.06. The Morgan fingerprint density at radius 2 is 1.75 bits per heavy atom. The molecule has 0 saturated carbocycles. The van der Waals surface area contributed by atoms with Crippen LogP contribution in [0.1, 0.15) is 5.56 Å². The number of rotatable bonds is 1. The van der Waals surface area contributed by atoms with Crippen LogP contribution in [0.3, 0.4) is 0 Å². The Balaban J connectivity index is 2.52. The lowest BCUT2D eigenvalue weighted by Crippen LogP contribution is -1.98. The predicted octanol–water partition coefficient (Wildman–Crippen LogP) is 2.85. The molecule has 0 aliphatic heterocycles. The number of hydrogen-bond donors (Lipinski definition) is 1. The van der Waals surface area contributed by atoms with Gasteiger partial charge in [-0.2, -0.15) is 0 Å². The minimum absolute atomic E-state index is 0.530. The second kappa shape index (κ2) is 3.58. The van der Waals surface area contributed by atoms with Crippen LogP contribution in [-0.2, 0) is 6.54 Å². The van der Waals surface area contributed by atoms with Gasteiger partial charge in [0, 0.05) is 23.5 Å². The van der Waals surface area contributed by atoms with Gasteiger partial charge in [-0.25, -0.2) is 0 Å². The third-order valence-electron chi connectivity index (χ3n) is 2.92. The van der Waals surface area contributed by atoms with Crippen molar-refractivity contribution in [1.29, 1.82) is 0 Å². The largest absolute Gasteiger partial charge is 0.326 e. The minimum atomic E-state index is 0.530. The molecule has 78 valence electrons. The summed E-state index contributed by atoms with van der Waals surface area (Å²) in [7, 11) is 0. The van der Waals surface area contributed by atoms with Crippen LogP contribution in [0.2, 0.25) is 0 Å². The Morgan fingerprint density at radius 3 is 2.62 bits per heavy atom. The maximum Gasteiger partial charge on any atom is 0.0753 e. The number of para-hydroxylation sites is 1. The van der Waals surface area contributed by atoms with Crippen molar-refractivity contribution in [3.8, 4) is 0 Å². The molecule has 0 fully saturated rings. The summed E-state index contributed by atoms with van der Waals surface area (Å²) in [6.45, 7) is 0.530. The highest BCUT2D eigenvalue weighted by Crippen LogP contribution is 2.25. The van der Waals surface area contributed by atoms with Crippen molar-refractivity contribution in [2.75, 3.05) is 0 Å². The van der Waals surface area contributed by atoms with Crippen LogP contribution in [0.4, 0.5) is 0 Å². The summed E-state index contributed by atoms with van der Waals surface area (Å²) in [5.74, 6) is 0. The molecule has 1 heterocycles. The fraction of sp³-hybridized carbons (Fsp3) is 0.0714. The fourth-order valence-corrected chi connectivity index (χ4v) is 2.11. The van der Waals surface area contributed by atoms with Crippen molar-refractivity contribution in [1.82, 2.24) is 4.98 Å². The van der Waals surface area contributed by atoms with Gasteiger partial charge in [-0.15, -0.1) is 0 Å². The van der Waals surface area contributed by atoms with E-state index in [1.54, 1.807) is 0 Å². The lowest BCUT2D eigenvalue weighted by atomic mass is 10.0. The average molecular weight is 208 g/mol. The van der Waals surface area contributed by atoms with E-state index >= 15 is 0 Å². The summed E-state index contributed by atoms with van der Waals surface area (Å²) in [6.07, 6.45) is 1.91. The first kappa shape index (κ1) is 9.31. The number of nitrogens with two attached hydrogens (primary N) is 1. The highest BCUT2D eigenvalue weighted by Gasteiger charge is 2.03. The SMILES string of the molecule is NCc1cccc2c1ncc1ccccc12. The molecule has 0 radical (unpaired) electrons. The molecule has 0 atom stereocenters. The van der Waals surface area contributed by atoms with Crippen LogP contribution in [-0.4, -0.2) is 4.98 Å². The van der Waals surface area contributed by atoms with Crippen LogP contribution in [0, 0.1) is 0 Å². The van der Waals surface area contributed by atoms with Gasteiger partial charge < -0.3 is 5.73 Å². The summed E-state index contributed by atoms with van der Waals surface area (Å²) < 4.78 is 0. The number of hydrogen-bond acceptors (Lipinski definition) is 2. The van der Waals surface area contributed by atoms with Gasteiger partial charge in [0.2, 0.25) is 0 Å². The molecule has 0 aliphatic carbocycles. The molecule has 1 aromatic heterocycles. The molecule has 2 nitrogen and oxygen atoms in total. The Kier molecular flexibility index (Phi) is 2.08. The Morgan fingerprint density at radius 1 is 0.938 bits per heavy atom. The smallest absolute Gasteiger partial charge is 0.0753 e. The zero-order chi connectivity index (χ0) is 11.0. The van der Waals surface area contributed by atoms with E-state index in [0.29, 0.717) is 6.54 Å². The van der Waals surface area contributed by atoms with Gasteiger partial charge in [-0.3, -0.25) is 4.98 Å². The molecule has 0 bridgehead atoms. The van der Waals surface area contributed by atoms with E-state index in [1.165, 1.54) is 16.2 Å². The molecule has 3 aromatic rings. The van der Waals surface area contributed by atoms with Crippen molar-refractivity contribution in [3.05, 3.63) is 54.2 Å². The highest BCUT2D eigenvalue weighted by atomic mass is 14.7. The lowest BCUT2D eigenvalue weighted by molar-refractivity contribution is 1.08. The number of fused-ring (bicyclic) bond motifs is 3. The van der Waals surface area contributed by atoms with Crippen molar-refractivity contribution < 1.29 is 0 Å².